The molecule has 35 heavy (non-hydrogen) atoms. The van der Waals surface area contributed by atoms with Gasteiger partial charge >= 0.3 is 0 Å². The molecule has 7 heteroatoms. The number of carbonyl (C=O) groups excluding carboxylic acids is 1. The Bertz CT molecular complexity index is 1120. The van der Waals surface area contributed by atoms with E-state index >= 15 is 0 Å². The molecule has 0 bridgehead atoms. The van der Waals surface area contributed by atoms with Gasteiger partial charge in [0.15, 0.2) is 0 Å². The standard InChI is InChI=1S/C28H30N4O2S/c33-28(30-29-18-22-8-12-26(13-9-22)34-27-20-35-21-27)24-10-6-23(7-11-24)19-31-14-16-32(17-15-31)25-4-2-1-3-5-25/h1-13,18,27H,14-17,19-21H2,(H,30,33)/b29-18-. The molecule has 0 aliphatic carbocycles. The molecule has 0 atom stereocenters. The molecule has 3 aromatic rings. The third kappa shape index (κ3) is 6.44. The molecule has 180 valence electrons. The van der Waals surface area contributed by atoms with Crippen LogP contribution in [-0.2, 0) is 6.54 Å². The van der Waals surface area contributed by atoms with E-state index in [-0.39, 0.29) is 5.91 Å². The van der Waals surface area contributed by atoms with Gasteiger partial charge in [0.25, 0.3) is 5.91 Å². The van der Waals surface area contributed by atoms with Gasteiger partial charge in [0, 0.05) is 55.5 Å². The Morgan fingerprint density at radius 3 is 2.31 bits per heavy atom. The van der Waals surface area contributed by atoms with Gasteiger partial charge in [-0.3, -0.25) is 9.69 Å². The number of hydrogen-bond acceptors (Lipinski definition) is 6. The maximum atomic E-state index is 12.5. The van der Waals surface area contributed by atoms with Gasteiger partial charge in [-0.05, 0) is 59.7 Å². The number of anilines is 1. The monoisotopic (exact) mass is 486 g/mol. The van der Waals surface area contributed by atoms with Gasteiger partial charge in [0.05, 0.1) is 6.21 Å². The van der Waals surface area contributed by atoms with Gasteiger partial charge in [-0.15, -0.1) is 0 Å². The molecule has 2 heterocycles. The SMILES string of the molecule is O=C(N/N=C\c1ccc(OC2CSC2)cc1)c1ccc(CN2CCN(c3ccccc3)CC2)cc1. The van der Waals surface area contributed by atoms with E-state index in [2.05, 4.69) is 50.7 Å². The summed E-state index contributed by atoms with van der Waals surface area (Å²) >= 11 is 1.90. The van der Waals surface area contributed by atoms with Crippen LogP contribution < -0.4 is 15.1 Å². The molecule has 2 aliphatic rings. The van der Waals surface area contributed by atoms with Crippen molar-refractivity contribution in [3.63, 3.8) is 0 Å². The maximum Gasteiger partial charge on any atom is 0.271 e. The molecule has 2 aliphatic heterocycles. The van der Waals surface area contributed by atoms with E-state index in [0.29, 0.717) is 11.7 Å². The Morgan fingerprint density at radius 1 is 0.943 bits per heavy atom. The van der Waals surface area contributed by atoms with Crippen LogP contribution in [0.2, 0.25) is 0 Å². The molecule has 0 radical (unpaired) electrons. The number of benzene rings is 3. The predicted molar refractivity (Wildman–Crippen MR) is 144 cm³/mol. The summed E-state index contributed by atoms with van der Waals surface area (Å²) in [5.74, 6) is 2.77. The summed E-state index contributed by atoms with van der Waals surface area (Å²) in [6.45, 7) is 5.00. The lowest BCUT2D eigenvalue weighted by molar-refractivity contribution is 0.0955. The van der Waals surface area contributed by atoms with Crippen LogP contribution in [-0.4, -0.2) is 60.8 Å². The third-order valence-electron chi connectivity index (χ3n) is 6.29. The summed E-state index contributed by atoms with van der Waals surface area (Å²) in [5, 5.41) is 4.10. The lowest BCUT2D eigenvalue weighted by Gasteiger charge is -2.36. The number of amides is 1. The molecule has 1 amide bonds. The van der Waals surface area contributed by atoms with Crippen molar-refractivity contribution in [1.29, 1.82) is 0 Å². The van der Waals surface area contributed by atoms with Gasteiger partial charge in [0.1, 0.15) is 11.9 Å². The number of rotatable bonds is 8. The molecule has 2 saturated heterocycles. The Morgan fingerprint density at radius 2 is 1.66 bits per heavy atom. The van der Waals surface area contributed by atoms with E-state index in [1.54, 1.807) is 6.21 Å². The number of nitrogens with zero attached hydrogens (tertiary/aromatic N) is 3. The Hall–Kier alpha value is -3.29. The van der Waals surface area contributed by atoms with Crippen molar-refractivity contribution >= 4 is 29.6 Å². The number of thioether (sulfide) groups is 1. The molecule has 0 spiro atoms. The highest BCUT2D eigenvalue weighted by Gasteiger charge is 2.19. The van der Waals surface area contributed by atoms with Crippen LogP contribution in [0.25, 0.3) is 0 Å². The van der Waals surface area contributed by atoms with E-state index in [1.807, 2.05) is 60.3 Å². The zero-order valence-corrected chi connectivity index (χ0v) is 20.5. The quantitative estimate of drug-likeness (QED) is 0.381. The fourth-order valence-electron chi connectivity index (χ4n) is 4.16. The Labute approximate surface area is 211 Å². The van der Waals surface area contributed by atoms with Crippen molar-refractivity contribution < 1.29 is 9.53 Å². The Kier molecular flexibility index (Phi) is 7.66. The summed E-state index contributed by atoms with van der Waals surface area (Å²) in [4.78, 5) is 17.3. The smallest absolute Gasteiger partial charge is 0.271 e. The van der Waals surface area contributed by atoms with E-state index in [1.165, 1.54) is 11.3 Å². The molecular weight excluding hydrogens is 456 g/mol. The van der Waals surface area contributed by atoms with Crippen LogP contribution in [0.1, 0.15) is 21.5 Å². The first-order valence-electron chi connectivity index (χ1n) is 12.0. The van der Waals surface area contributed by atoms with Crippen molar-refractivity contribution in [2.75, 3.05) is 42.6 Å². The predicted octanol–water partition coefficient (Wildman–Crippen LogP) is 4.27. The normalized spacial score (nSPS) is 16.7. The molecule has 6 nitrogen and oxygen atoms in total. The highest BCUT2D eigenvalue weighted by atomic mass is 32.2. The lowest BCUT2D eigenvalue weighted by atomic mass is 10.1. The Balaban J connectivity index is 1.06. The summed E-state index contributed by atoms with van der Waals surface area (Å²) in [5.41, 5.74) is 6.62. The average molecular weight is 487 g/mol. The first-order chi connectivity index (χ1) is 17.2. The van der Waals surface area contributed by atoms with Crippen molar-refractivity contribution in [3.05, 3.63) is 95.6 Å². The number of piperazine rings is 1. The minimum Gasteiger partial charge on any atom is -0.489 e. The van der Waals surface area contributed by atoms with Crippen molar-refractivity contribution in [3.8, 4) is 5.75 Å². The fraction of sp³-hybridized carbons (Fsp3) is 0.286. The molecule has 1 N–H and O–H groups in total. The summed E-state index contributed by atoms with van der Waals surface area (Å²) in [6.07, 6.45) is 1.97. The van der Waals surface area contributed by atoms with E-state index < -0.39 is 0 Å². The van der Waals surface area contributed by atoms with Crippen LogP contribution in [0.4, 0.5) is 5.69 Å². The second-order valence-electron chi connectivity index (χ2n) is 8.84. The lowest BCUT2D eigenvalue weighted by Crippen LogP contribution is -2.45. The number of nitrogens with one attached hydrogen (secondary N) is 1. The molecule has 2 fully saturated rings. The number of hydrazone groups is 1. The topological polar surface area (TPSA) is 57.2 Å². The van der Waals surface area contributed by atoms with Crippen LogP contribution in [0, 0.1) is 0 Å². The zero-order chi connectivity index (χ0) is 23.9. The van der Waals surface area contributed by atoms with Crippen LogP contribution in [0.15, 0.2) is 84.0 Å². The number of ether oxygens (including phenoxy) is 1. The van der Waals surface area contributed by atoms with Gasteiger partial charge < -0.3 is 9.64 Å². The van der Waals surface area contributed by atoms with Crippen LogP contribution in [0.3, 0.4) is 0 Å². The highest BCUT2D eigenvalue weighted by molar-refractivity contribution is 8.00. The molecule has 0 aromatic heterocycles. The third-order valence-corrected chi connectivity index (χ3v) is 7.50. The van der Waals surface area contributed by atoms with Gasteiger partial charge in [-0.2, -0.15) is 16.9 Å². The van der Waals surface area contributed by atoms with E-state index in [4.69, 9.17) is 4.74 Å². The second-order valence-corrected chi connectivity index (χ2v) is 9.92. The minimum atomic E-state index is -0.216. The van der Waals surface area contributed by atoms with E-state index in [0.717, 1.165) is 55.5 Å². The minimum absolute atomic E-state index is 0.216. The number of carbonyl (C=O) groups is 1. The molecular formula is C28H30N4O2S. The molecule has 0 unspecified atom stereocenters. The summed E-state index contributed by atoms with van der Waals surface area (Å²) in [7, 11) is 0. The molecule has 5 rings (SSSR count). The average Bonchev–Trinajstić information content (AvgIpc) is 2.88. The van der Waals surface area contributed by atoms with Crippen LogP contribution in [0.5, 0.6) is 5.75 Å². The summed E-state index contributed by atoms with van der Waals surface area (Å²) < 4.78 is 5.85. The van der Waals surface area contributed by atoms with Crippen molar-refractivity contribution in [1.82, 2.24) is 10.3 Å². The molecule has 0 saturated carbocycles. The second kappa shape index (κ2) is 11.4. The number of para-hydroxylation sites is 1. The molecule has 3 aromatic carbocycles. The largest absolute Gasteiger partial charge is 0.489 e. The van der Waals surface area contributed by atoms with Crippen molar-refractivity contribution in [2.45, 2.75) is 12.6 Å². The zero-order valence-electron chi connectivity index (χ0n) is 19.7. The fourth-order valence-corrected chi connectivity index (χ4v) is 4.72. The van der Waals surface area contributed by atoms with Gasteiger partial charge in [-0.25, -0.2) is 5.43 Å². The van der Waals surface area contributed by atoms with Gasteiger partial charge in [-0.1, -0.05) is 30.3 Å². The first kappa shape index (κ1) is 23.5. The maximum absolute atomic E-state index is 12.5. The first-order valence-corrected chi connectivity index (χ1v) is 13.2. The highest BCUT2D eigenvalue weighted by Crippen LogP contribution is 2.23. The van der Waals surface area contributed by atoms with Gasteiger partial charge in [0.2, 0.25) is 0 Å². The number of hydrogen-bond donors (Lipinski definition) is 1. The van der Waals surface area contributed by atoms with E-state index in [9.17, 15) is 4.79 Å². The van der Waals surface area contributed by atoms with Crippen LogP contribution >= 0.6 is 11.8 Å². The summed E-state index contributed by atoms with van der Waals surface area (Å²) in [6, 6.07) is 26.1. The van der Waals surface area contributed by atoms with Crippen molar-refractivity contribution in [2.24, 2.45) is 5.10 Å².